The Morgan fingerprint density at radius 1 is 1.09 bits per heavy atom. The highest BCUT2D eigenvalue weighted by molar-refractivity contribution is 5.92. The minimum atomic E-state index is 0.0390. The number of carbonyl (C=O) groups is 1. The van der Waals surface area contributed by atoms with Gasteiger partial charge in [-0.15, -0.1) is 10.2 Å². The first kappa shape index (κ1) is 16.2. The molecule has 1 saturated carbocycles. The average molecular weight is 316 g/mol. The fraction of sp³-hybridized carbons (Fsp3) is 0.722. The van der Waals surface area contributed by atoms with Gasteiger partial charge in [0.15, 0.2) is 11.5 Å². The highest BCUT2D eigenvalue weighted by Crippen LogP contribution is 2.24. The van der Waals surface area contributed by atoms with Crippen LogP contribution >= 0.6 is 0 Å². The number of anilines is 1. The quantitative estimate of drug-likeness (QED) is 0.855. The second kappa shape index (κ2) is 7.75. The molecule has 0 unspecified atom stereocenters. The standard InChI is InChI=1S/C18H28N4O/c1-2-22(15-9-5-3-6-10-15)18(23)16-11-12-17(20-19-16)21-13-7-4-8-14-21/h11-12,15H,2-10,13-14H2,1H3. The summed E-state index contributed by atoms with van der Waals surface area (Å²) in [6, 6.07) is 4.19. The summed E-state index contributed by atoms with van der Waals surface area (Å²) in [5, 5.41) is 8.55. The van der Waals surface area contributed by atoms with E-state index < -0.39 is 0 Å². The number of aromatic nitrogens is 2. The maximum atomic E-state index is 12.8. The molecule has 3 rings (SSSR count). The lowest BCUT2D eigenvalue weighted by molar-refractivity contribution is 0.0640. The monoisotopic (exact) mass is 316 g/mol. The predicted molar refractivity (Wildman–Crippen MR) is 91.7 cm³/mol. The molecule has 0 bridgehead atoms. The summed E-state index contributed by atoms with van der Waals surface area (Å²) >= 11 is 0. The third-order valence-corrected chi connectivity index (χ3v) is 5.17. The first-order valence-electron chi connectivity index (χ1n) is 9.19. The number of hydrogen-bond donors (Lipinski definition) is 0. The number of nitrogens with zero attached hydrogens (tertiary/aromatic N) is 4. The first-order chi connectivity index (χ1) is 11.3. The topological polar surface area (TPSA) is 49.3 Å². The van der Waals surface area contributed by atoms with E-state index >= 15 is 0 Å². The molecule has 2 aliphatic rings. The number of rotatable bonds is 4. The van der Waals surface area contributed by atoms with E-state index in [1.165, 1.54) is 38.5 Å². The van der Waals surface area contributed by atoms with Crippen molar-refractivity contribution >= 4 is 11.7 Å². The molecule has 0 aromatic carbocycles. The van der Waals surface area contributed by atoms with Crippen LogP contribution in [-0.2, 0) is 0 Å². The Kier molecular flexibility index (Phi) is 5.47. The lowest BCUT2D eigenvalue weighted by Crippen LogP contribution is -2.41. The summed E-state index contributed by atoms with van der Waals surface area (Å²) < 4.78 is 0. The molecule has 1 saturated heterocycles. The van der Waals surface area contributed by atoms with E-state index in [-0.39, 0.29) is 5.91 Å². The van der Waals surface area contributed by atoms with Gasteiger partial charge < -0.3 is 9.80 Å². The summed E-state index contributed by atoms with van der Waals surface area (Å²) in [5.74, 6) is 0.944. The van der Waals surface area contributed by atoms with E-state index in [0.29, 0.717) is 11.7 Å². The van der Waals surface area contributed by atoms with E-state index in [0.717, 1.165) is 38.3 Å². The van der Waals surface area contributed by atoms with Gasteiger partial charge in [0.25, 0.3) is 5.91 Å². The summed E-state index contributed by atoms with van der Waals surface area (Å²) in [6.07, 6.45) is 9.74. The fourth-order valence-corrected chi connectivity index (χ4v) is 3.84. The van der Waals surface area contributed by atoms with E-state index in [1.54, 1.807) is 0 Å². The SMILES string of the molecule is CCN(C(=O)c1ccc(N2CCCCC2)nn1)C1CCCCC1. The van der Waals surface area contributed by atoms with E-state index in [4.69, 9.17) is 0 Å². The molecule has 2 fully saturated rings. The van der Waals surface area contributed by atoms with E-state index in [1.807, 2.05) is 17.0 Å². The fourth-order valence-electron chi connectivity index (χ4n) is 3.84. The zero-order chi connectivity index (χ0) is 16.1. The first-order valence-corrected chi connectivity index (χ1v) is 9.19. The van der Waals surface area contributed by atoms with Crippen LogP contribution < -0.4 is 4.90 Å². The smallest absolute Gasteiger partial charge is 0.274 e. The normalized spacial score (nSPS) is 19.6. The van der Waals surface area contributed by atoms with Crippen LogP contribution in [0, 0.1) is 0 Å². The van der Waals surface area contributed by atoms with Crippen molar-refractivity contribution in [2.75, 3.05) is 24.5 Å². The van der Waals surface area contributed by atoms with Crippen molar-refractivity contribution in [3.8, 4) is 0 Å². The van der Waals surface area contributed by atoms with Crippen LogP contribution in [0.5, 0.6) is 0 Å². The molecule has 1 aliphatic heterocycles. The second-order valence-corrected chi connectivity index (χ2v) is 6.71. The molecule has 0 atom stereocenters. The maximum Gasteiger partial charge on any atom is 0.274 e. The zero-order valence-corrected chi connectivity index (χ0v) is 14.2. The number of piperidine rings is 1. The summed E-state index contributed by atoms with van der Waals surface area (Å²) in [6.45, 7) is 4.90. The van der Waals surface area contributed by atoms with Crippen LogP contribution in [0.2, 0.25) is 0 Å². The molecule has 1 amide bonds. The number of amides is 1. The van der Waals surface area contributed by atoms with Gasteiger partial charge in [-0.1, -0.05) is 19.3 Å². The molecule has 0 spiro atoms. The molecule has 126 valence electrons. The third kappa shape index (κ3) is 3.82. The van der Waals surface area contributed by atoms with Crippen molar-refractivity contribution in [2.45, 2.75) is 64.3 Å². The van der Waals surface area contributed by atoms with E-state index in [2.05, 4.69) is 22.0 Å². The molecule has 1 aromatic heterocycles. The Labute approximate surface area is 139 Å². The van der Waals surface area contributed by atoms with Crippen LogP contribution in [0.4, 0.5) is 5.82 Å². The van der Waals surface area contributed by atoms with Gasteiger partial charge in [0.05, 0.1) is 0 Å². The molecular weight excluding hydrogens is 288 g/mol. The molecule has 23 heavy (non-hydrogen) atoms. The van der Waals surface area contributed by atoms with Crippen LogP contribution in [0.3, 0.4) is 0 Å². The third-order valence-electron chi connectivity index (χ3n) is 5.17. The predicted octanol–water partition coefficient (Wildman–Crippen LogP) is 3.26. The van der Waals surface area contributed by atoms with Crippen LogP contribution in [-0.4, -0.2) is 46.7 Å². The molecule has 0 N–H and O–H groups in total. The summed E-state index contributed by atoms with van der Waals surface area (Å²) in [7, 11) is 0. The molecule has 2 heterocycles. The van der Waals surface area contributed by atoms with Crippen molar-refractivity contribution in [3.05, 3.63) is 17.8 Å². The van der Waals surface area contributed by atoms with Crippen molar-refractivity contribution in [1.82, 2.24) is 15.1 Å². The van der Waals surface area contributed by atoms with Crippen LogP contribution in [0.15, 0.2) is 12.1 Å². The van der Waals surface area contributed by atoms with Crippen LogP contribution in [0.1, 0.15) is 68.8 Å². The minimum absolute atomic E-state index is 0.0390. The second-order valence-electron chi connectivity index (χ2n) is 6.71. The molecule has 0 radical (unpaired) electrons. The lowest BCUT2D eigenvalue weighted by atomic mass is 9.94. The Bertz CT molecular complexity index is 504. The van der Waals surface area contributed by atoms with Gasteiger partial charge in [-0.2, -0.15) is 0 Å². The number of carbonyl (C=O) groups excluding carboxylic acids is 1. The van der Waals surface area contributed by atoms with Crippen molar-refractivity contribution < 1.29 is 4.79 Å². The maximum absolute atomic E-state index is 12.8. The van der Waals surface area contributed by atoms with Gasteiger partial charge in [0.1, 0.15) is 0 Å². The Hall–Kier alpha value is -1.65. The average Bonchev–Trinajstić information content (AvgIpc) is 2.64. The summed E-state index contributed by atoms with van der Waals surface area (Å²) in [4.78, 5) is 17.0. The molecule has 1 aromatic rings. The molecule has 1 aliphatic carbocycles. The van der Waals surface area contributed by atoms with E-state index in [9.17, 15) is 4.79 Å². The van der Waals surface area contributed by atoms with Gasteiger partial charge >= 0.3 is 0 Å². The number of hydrogen-bond acceptors (Lipinski definition) is 4. The van der Waals surface area contributed by atoms with Gasteiger partial charge in [-0.25, -0.2) is 0 Å². The van der Waals surface area contributed by atoms with Gasteiger partial charge in [0, 0.05) is 25.7 Å². The Balaban J connectivity index is 1.68. The molecule has 5 heteroatoms. The summed E-state index contributed by atoms with van der Waals surface area (Å²) in [5.41, 5.74) is 0.484. The van der Waals surface area contributed by atoms with Gasteiger partial charge in [0.2, 0.25) is 0 Å². The lowest BCUT2D eigenvalue weighted by Gasteiger charge is -2.33. The highest BCUT2D eigenvalue weighted by atomic mass is 16.2. The van der Waals surface area contributed by atoms with Gasteiger partial charge in [-0.05, 0) is 51.2 Å². The van der Waals surface area contributed by atoms with Crippen molar-refractivity contribution in [2.24, 2.45) is 0 Å². The zero-order valence-electron chi connectivity index (χ0n) is 14.2. The minimum Gasteiger partial charge on any atom is -0.355 e. The van der Waals surface area contributed by atoms with Gasteiger partial charge in [-0.3, -0.25) is 4.79 Å². The molecular formula is C18H28N4O. The molecule has 5 nitrogen and oxygen atoms in total. The van der Waals surface area contributed by atoms with Crippen LogP contribution in [0.25, 0.3) is 0 Å². The highest BCUT2D eigenvalue weighted by Gasteiger charge is 2.26. The Morgan fingerprint density at radius 3 is 2.39 bits per heavy atom. The largest absolute Gasteiger partial charge is 0.355 e. The van der Waals surface area contributed by atoms with Crippen molar-refractivity contribution in [1.29, 1.82) is 0 Å². The van der Waals surface area contributed by atoms with Crippen molar-refractivity contribution in [3.63, 3.8) is 0 Å². The Morgan fingerprint density at radius 2 is 1.78 bits per heavy atom.